The maximum atomic E-state index is 10.4. The number of methoxy groups -OCH3 is 1. The third kappa shape index (κ3) is 3.57. The lowest BCUT2D eigenvalue weighted by Crippen LogP contribution is -2.34. The molecule has 0 bridgehead atoms. The second-order valence-electron chi connectivity index (χ2n) is 4.47. The van der Waals surface area contributed by atoms with Gasteiger partial charge in [-0.2, -0.15) is 0 Å². The molecule has 0 aromatic carbocycles. The number of nitrogens with zero attached hydrogens (tertiary/aromatic N) is 1. The van der Waals surface area contributed by atoms with Crippen molar-refractivity contribution < 1.29 is 9.84 Å². The van der Waals surface area contributed by atoms with E-state index < -0.39 is 6.10 Å². The summed E-state index contributed by atoms with van der Waals surface area (Å²) in [6, 6.07) is 1.89. The molecule has 2 atom stereocenters. The van der Waals surface area contributed by atoms with Crippen LogP contribution in [0.1, 0.15) is 37.4 Å². The smallest absolute Gasteiger partial charge is 0.127 e. The van der Waals surface area contributed by atoms with Crippen molar-refractivity contribution in [1.82, 2.24) is 10.3 Å². The molecule has 0 radical (unpaired) electrons. The Morgan fingerprint density at radius 2 is 2.28 bits per heavy atom. The molecule has 4 nitrogen and oxygen atoms in total. The topological polar surface area (TPSA) is 54.4 Å². The molecule has 0 saturated carbocycles. The molecule has 1 aliphatic rings. The number of ether oxygens (including phenoxy) is 1. The minimum absolute atomic E-state index is 0. The molecule has 0 spiro atoms. The third-order valence-corrected chi connectivity index (χ3v) is 3.33. The van der Waals surface area contributed by atoms with Gasteiger partial charge >= 0.3 is 0 Å². The second kappa shape index (κ2) is 7.56. The highest BCUT2D eigenvalue weighted by molar-refractivity contribution is 5.85. The first-order valence-corrected chi connectivity index (χ1v) is 6.22. The Bertz CT molecular complexity index is 355. The highest BCUT2D eigenvalue weighted by atomic mass is 35.5. The van der Waals surface area contributed by atoms with Gasteiger partial charge in [0.15, 0.2) is 0 Å². The quantitative estimate of drug-likeness (QED) is 0.885. The fourth-order valence-corrected chi connectivity index (χ4v) is 2.34. The number of halogens is 1. The summed E-state index contributed by atoms with van der Waals surface area (Å²) in [5, 5.41) is 13.8. The van der Waals surface area contributed by atoms with E-state index in [4.69, 9.17) is 4.74 Å². The summed E-state index contributed by atoms with van der Waals surface area (Å²) in [4.78, 5) is 4.06. The van der Waals surface area contributed by atoms with Crippen molar-refractivity contribution in [1.29, 1.82) is 0 Å². The van der Waals surface area contributed by atoms with E-state index >= 15 is 0 Å². The highest BCUT2D eigenvalue weighted by Gasteiger charge is 2.24. The average Bonchev–Trinajstić information content (AvgIpc) is 2.66. The maximum absolute atomic E-state index is 10.4. The van der Waals surface area contributed by atoms with Gasteiger partial charge in [0.1, 0.15) is 5.75 Å². The molecule has 102 valence electrons. The van der Waals surface area contributed by atoms with E-state index in [1.165, 1.54) is 12.8 Å². The van der Waals surface area contributed by atoms with Gasteiger partial charge in [-0.3, -0.25) is 4.98 Å². The van der Waals surface area contributed by atoms with Gasteiger partial charge in [0.25, 0.3) is 0 Å². The number of aliphatic hydroxyl groups is 1. The normalized spacial score (nSPS) is 21.6. The minimum atomic E-state index is -0.545. The van der Waals surface area contributed by atoms with E-state index in [1.54, 1.807) is 25.6 Å². The number of rotatable bonds is 3. The van der Waals surface area contributed by atoms with Crippen LogP contribution >= 0.6 is 12.4 Å². The molecule has 2 heterocycles. The predicted molar refractivity (Wildman–Crippen MR) is 73.3 cm³/mol. The standard InChI is InChI=1S/C13H20N2O2.ClH/c1-17-12-6-8-14-9-10(12)13(16)11-5-3-2-4-7-15-11;/h6,8-9,11,13,15-16H,2-5,7H2,1H3;1H/t11-,13?;/m1./s1. The van der Waals surface area contributed by atoms with Crippen LogP contribution in [0.4, 0.5) is 0 Å². The third-order valence-electron chi connectivity index (χ3n) is 3.33. The molecule has 1 saturated heterocycles. The van der Waals surface area contributed by atoms with Gasteiger partial charge in [-0.05, 0) is 25.5 Å². The van der Waals surface area contributed by atoms with Crippen LogP contribution in [0.25, 0.3) is 0 Å². The van der Waals surface area contributed by atoms with Gasteiger partial charge in [-0.1, -0.05) is 12.8 Å². The number of aliphatic hydroxyl groups excluding tert-OH is 1. The summed E-state index contributed by atoms with van der Waals surface area (Å²) in [6.45, 7) is 0.976. The van der Waals surface area contributed by atoms with Crippen LogP contribution in [0.2, 0.25) is 0 Å². The van der Waals surface area contributed by atoms with Crippen molar-refractivity contribution in [3.63, 3.8) is 0 Å². The van der Waals surface area contributed by atoms with Gasteiger partial charge in [0, 0.05) is 24.0 Å². The Morgan fingerprint density at radius 1 is 1.44 bits per heavy atom. The summed E-state index contributed by atoms with van der Waals surface area (Å²) >= 11 is 0. The molecule has 1 fully saturated rings. The molecule has 5 heteroatoms. The van der Waals surface area contributed by atoms with Crippen LogP contribution < -0.4 is 10.1 Å². The number of nitrogens with one attached hydrogen (secondary N) is 1. The molecule has 1 unspecified atom stereocenters. The predicted octanol–water partition coefficient (Wildman–Crippen LogP) is 2.08. The summed E-state index contributed by atoms with van der Waals surface area (Å²) in [5.41, 5.74) is 0.773. The van der Waals surface area contributed by atoms with Crippen molar-refractivity contribution >= 4 is 12.4 Å². The first-order valence-electron chi connectivity index (χ1n) is 6.22. The largest absolute Gasteiger partial charge is 0.496 e. The SMILES string of the molecule is COc1ccncc1C(O)[C@H]1CCCCCN1.Cl. The Kier molecular flexibility index (Phi) is 6.39. The molecular formula is C13H21ClN2O2. The van der Waals surface area contributed by atoms with Crippen LogP contribution in [0, 0.1) is 0 Å². The van der Waals surface area contributed by atoms with E-state index in [2.05, 4.69) is 10.3 Å². The van der Waals surface area contributed by atoms with Gasteiger partial charge in [0.05, 0.1) is 13.2 Å². The van der Waals surface area contributed by atoms with Crippen LogP contribution in [-0.4, -0.2) is 29.8 Å². The zero-order valence-electron chi connectivity index (χ0n) is 10.6. The molecule has 1 aromatic heterocycles. The van der Waals surface area contributed by atoms with Crippen molar-refractivity contribution in [3.05, 3.63) is 24.0 Å². The summed E-state index contributed by atoms with van der Waals surface area (Å²) in [7, 11) is 1.62. The van der Waals surface area contributed by atoms with Crippen LogP contribution in [0.5, 0.6) is 5.75 Å². The van der Waals surface area contributed by atoms with E-state index in [0.29, 0.717) is 5.75 Å². The van der Waals surface area contributed by atoms with Crippen molar-refractivity contribution in [2.45, 2.75) is 37.8 Å². The lowest BCUT2D eigenvalue weighted by molar-refractivity contribution is 0.123. The Labute approximate surface area is 114 Å². The molecule has 18 heavy (non-hydrogen) atoms. The molecule has 1 aromatic rings. The fraction of sp³-hybridized carbons (Fsp3) is 0.615. The highest BCUT2D eigenvalue weighted by Crippen LogP contribution is 2.28. The zero-order valence-corrected chi connectivity index (χ0v) is 11.4. The molecular weight excluding hydrogens is 252 g/mol. The van der Waals surface area contributed by atoms with Gasteiger partial charge in [-0.25, -0.2) is 0 Å². The van der Waals surface area contributed by atoms with Gasteiger partial charge in [-0.15, -0.1) is 12.4 Å². The summed E-state index contributed by atoms with van der Waals surface area (Å²) < 4.78 is 5.26. The first kappa shape index (κ1) is 15.2. The van der Waals surface area contributed by atoms with Gasteiger partial charge in [0.2, 0.25) is 0 Å². The van der Waals surface area contributed by atoms with Crippen LogP contribution in [0.15, 0.2) is 18.5 Å². The van der Waals surface area contributed by atoms with E-state index in [9.17, 15) is 5.11 Å². The average molecular weight is 273 g/mol. The van der Waals surface area contributed by atoms with E-state index in [0.717, 1.165) is 24.9 Å². The van der Waals surface area contributed by atoms with Crippen molar-refractivity contribution in [2.75, 3.05) is 13.7 Å². The number of pyridine rings is 1. The van der Waals surface area contributed by atoms with E-state index in [-0.39, 0.29) is 18.4 Å². The Hall–Kier alpha value is -0.840. The van der Waals surface area contributed by atoms with Crippen molar-refractivity contribution in [2.24, 2.45) is 0 Å². The monoisotopic (exact) mass is 272 g/mol. The van der Waals surface area contributed by atoms with E-state index in [1.807, 2.05) is 0 Å². The summed E-state index contributed by atoms with van der Waals surface area (Å²) in [6.07, 6.45) is 7.41. The van der Waals surface area contributed by atoms with Crippen LogP contribution in [0.3, 0.4) is 0 Å². The fourth-order valence-electron chi connectivity index (χ4n) is 2.34. The molecule has 0 amide bonds. The number of hydrogen-bond acceptors (Lipinski definition) is 4. The molecule has 2 rings (SSSR count). The minimum Gasteiger partial charge on any atom is -0.496 e. The molecule has 1 aliphatic heterocycles. The Balaban J connectivity index is 0.00000162. The maximum Gasteiger partial charge on any atom is 0.127 e. The number of aromatic nitrogens is 1. The van der Waals surface area contributed by atoms with Crippen molar-refractivity contribution in [3.8, 4) is 5.75 Å². The second-order valence-corrected chi connectivity index (χ2v) is 4.47. The molecule has 2 N–H and O–H groups in total. The number of hydrogen-bond donors (Lipinski definition) is 2. The zero-order chi connectivity index (χ0) is 12.1. The summed E-state index contributed by atoms with van der Waals surface area (Å²) in [5.74, 6) is 0.707. The molecule has 0 aliphatic carbocycles. The Morgan fingerprint density at radius 3 is 3.06 bits per heavy atom. The first-order chi connectivity index (χ1) is 8.33. The lowest BCUT2D eigenvalue weighted by atomic mass is 9.99. The lowest BCUT2D eigenvalue weighted by Gasteiger charge is -2.23. The van der Waals surface area contributed by atoms with Gasteiger partial charge < -0.3 is 15.2 Å². The van der Waals surface area contributed by atoms with Crippen LogP contribution in [-0.2, 0) is 0 Å².